The van der Waals surface area contributed by atoms with Gasteiger partial charge in [-0.25, -0.2) is 0 Å². The molecule has 0 saturated heterocycles. The molecule has 0 saturated carbocycles. The van der Waals surface area contributed by atoms with Crippen molar-refractivity contribution >= 4 is 0 Å². The smallest absolute Gasteiger partial charge is 0.0378 e. The molecule has 52 valence electrons. The van der Waals surface area contributed by atoms with E-state index in [1.165, 1.54) is 0 Å². The van der Waals surface area contributed by atoms with Crippen LogP contribution in [0.25, 0.3) is 0 Å². The molecule has 2 nitrogen and oxygen atoms in total. The van der Waals surface area contributed by atoms with Crippen LogP contribution in [0, 0.1) is 0 Å². The highest BCUT2D eigenvalue weighted by Gasteiger charge is 1.97. The van der Waals surface area contributed by atoms with Crippen molar-refractivity contribution in [2.45, 2.75) is 13.0 Å². The van der Waals surface area contributed by atoms with E-state index in [1.807, 2.05) is 13.0 Å². The SMILES string of the molecule is C=C/C=C(\C)C(N)CN. The van der Waals surface area contributed by atoms with Crippen molar-refractivity contribution in [3.8, 4) is 0 Å². The average Bonchev–Trinajstić information content (AvgIpc) is 1.87. The summed E-state index contributed by atoms with van der Waals surface area (Å²) in [6.45, 7) is 5.98. The minimum absolute atomic E-state index is 0.0111. The van der Waals surface area contributed by atoms with Gasteiger partial charge in [0.25, 0.3) is 0 Å². The van der Waals surface area contributed by atoms with Gasteiger partial charge in [0.15, 0.2) is 0 Å². The summed E-state index contributed by atoms with van der Waals surface area (Å²) in [6, 6.07) is -0.0111. The highest BCUT2D eigenvalue weighted by molar-refractivity contribution is 5.13. The maximum atomic E-state index is 5.56. The first-order valence-electron chi connectivity index (χ1n) is 2.97. The summed E-state index contributed by atoms with van der Waals surface area (Å²) in [5.74, 6) is 0. The molecule has 4 N–H and O–H groups in total. The minimum atomic E-state index is -0.0111. The number of hydrogen-bond donors (Lipinski definition) is 2. The summed E-state index contributed by atoms with van der Waals surface area (Å²) in [6.07, 6.45) is 3.59. The molecule has 0 bridgehead atoms. The Kier molecular flexibility index (Phi) is 4.01. The lowest BCUT2D eigenvalue weighted by molar-refractivity contribution is 0.777. The van der Waals surface area contributed by atoms with Crippen molar-refractivity contribution in [1.82, 2.24) is 0 Å². The van der Waals surface area contributed by atoms with E-state index < -0.39 is 0 Å². The second kappa shape index (κ2) is 4.30. The van der Waals surface area contributed by atoms with E-state index in [0.29, 0.717) is 6.54 Å². The highest BCUT2D eigenvalue weighted by atomic mass is 14.7. The molecule has 0 spiro atoms. The van der Waals surface area contributed by atoms with Crippen molar-refractivity contribution in [2.75, 3.05) is 6.54 Å². The number of allylic oxidation sites excluding steroid dienone is 2. The van der Waals surface area contributed by atoms with Gasteiger partial charge in [-0.1, -0.05) is 24.3 Å². The van der Waals surface area contributed by atoms with Crippen LogP contribution < -0.4 is 11.5 Å². The zero-order chi connectivity index (χ0) is 7.28. The van der Waals surface area contributed by atoms with Gasteiger partial charge in [0.1, 0.15) is 0 Å². The molecule has 0 aliphatic rings. The van der Waals surface area contributed by atoms with E-state index >= 15 is 0 Å². The summed E-state index contributed by atoms with van der Waals surface area (Å²) in [5.41, 5.74) is 11.9. The molecule has 0 heterocycles. The summed E-state index contributed by atoms with van der Waals surface area (Å²) >= 11 is 0. The lowest BCUT2D eigenvalue weighted by atomic mass is 10.1. The Morgan fingerprint density at radius 2 is 2.33 bits per heavy atom. The van der Waals surface area contributed by atoms with Gasteiger partial charge < -0.3 is 11.5 Å². The molecule has 2 heteroatoms. The lowest BCUT2D eigenvalue weighted by Gasteiger charge is -2.06. The summed E-state index contributed by atoms with van der Waals surface area (Å²) in [4.78, 5) is 0. The standard InChI is InChI=1S/C7H14N2/c1-3-4-6(2)7(9)5-8/h3-4,7H,1,5,8-9H2,2H3/b6-4+. The van der Waals surface area contributed by atoms with E-state index in [4.69, 9.17) is 11.5 Å². The fourth-order valence-electron chi connectivity index (χ4n) is 0.495. The average molecular weight is 126 g/mol. The van der Waals surface area contributed by atoms with Gasteiger partial charge in [0.2, 0.25) is 0 Å². The van der Waals surface area contributed by atoms with Crippen LogP contribution in [-0.2, 0) is 0 Å². The Morgan fingerprint density at radius 3 is 2.67 bits per heavy atom. The second-order valence-electron chi connectivity index (χ2n) is 1.99. The van der Waals surface area contributed by atoms with E-state index in [-0.39, 0.29) is 6.04 Å². The second-order valence-corrected chi connectivity index (χ2v) is 1.99. The van der Waals surface area contributed by atoms with Crippen molar-refractivity contribution in [3.63, 3.8) is 0 Å². The third-order valence-electron chi connectivity index (χ3n) is 1.22. The summed E-state index contributed by atoms with van der Waals surface area (Å²) < 4.78 is 0. The van der Waals surface area contributed by atoms with Gasteiger partial charge in [-0.2, -0.15) is 0 Å². The van der Waals surface area contributed by atoms with Gasteiger partial charge in [-0.15, -0.1) is 0 Å². The Bertz CT molecular complexity index is 116. The monoisotopic (exact) mass is 126 g/mol. The Labute approximate surface area is 56.2 Å². The van der Waals surface area contributed by atoms with Crippen LogP contribution in [0.4, 0.5) is 0 Å². The Balaban J connectivity index is 3.84. The highest BCUT2D eigenvalue weighted by Crippen LogP contribution is 1.95. The molecule has 0 aromatic rings. The first-order chi connectivity index (χ1) is 4.22. The predicted molar refractivity (Wildman–Crippen MR) is 41.0 cm³/mol. The first kappa shape index (κ1) is 8.40. The predicted octanol–water partition coefficient (Wildman–Crippen LogP) is 0.405. The fraction of sp³-hybridized carbons (Fsp3) is 0.429. The number of nitrogens with two attached hydrogens (primary N) is 2. The number of rotatable bonds is 3. The van der Waals surface area contributed by atoms with Gasteiger partial charge >= 0.3 is 0 Å². The van der Waals surface area contributed by atoms with Crippen LogP contribution in [0.1, 0.15) is 6.92 Å². The lowest BCUT2D eigenvalue weighted by Crippen LogP contribution is -2.30. The van der Waals surface area contributed by atoms with Gasteiger partial charge in [-0.3, -0.25) is 0 Å². The molecule has 0 aromatic heterocycles. The molecule has 0 amide bonds. The maximum absolute atomic E-state index is 5.56. The van der Waals surface area contributed by atoms with Crippen molar-refractivity contribution in [1.29, 1.82) is 0 Å². The zero-order valence-electron chi connectivity index (χ0n) is 5.80. The first-order valence-corrected chi connectivity index (χ1v) is 2.97. The largest absolute Gasteiger partial charge is 0.329 e. The van der Waals surface area contributed by atoms with Crippen LogP contribution in [0.15, 0.2) is 24.3 Å². The van der Waals surface area contributed by atoms with Crippen molar-refractivity contribution in [3.05, 3.63) is 24.3 Å². The third-order valence-corrected chi connectivity index (χ3v) is 1.22. The van der Waals surface area contributed by atoms with Crippen LogP contribution in [-0.4, -0.2) is 12.6 Å². The van der Waals surface area contributed by atoms with E-state index in [0.717, 1.165) is 5.57 Å². The van der Waals surface area contributed by atoms with E-state index in [1.54, 1.807) is 6.08 Å². The van der Waals surface area contributed by atoms with E-state index in [9.17, 15) is 0 Å². The van der Waals surface area contributed by atoms with Gasteiger partial charge in [-0.05, 0) is 6.92 Å². The molecule has 0 rings (SSSR count). The summed E-state index contributed by atoms with van der Waals surface area (Å²) in [7, 11) is 0. The normalized spacial score (nSPS) is 15.2. The van der Waals surface area contributed by atoms with E-state index in [2.05, 4.69) is 6.58 Å². The van der Waals surface area contributed by atoms with Crippen LogP contribution in [0.3, 0.4) is 0 Å². The molecule has 0 radical (unpaired) electrons. The topological polar surface area (TPSA) is 52.0 Å². The molecular weight excluding hydrogens is 112 g/mol. The zero-order valence-corrected chi connectivity index (χ0v) is 5.80. The van der Waals surface area contributed by atoms with Crippen LogP contribution in [0.2, 0.25) is 0 Å². The molecule has 0 aliphatic carbocycles. The minimum Gasteiger partial charge on any atom is -0.329 e. The Morgan fingerprint density at radius 1 is 1.78 bits per heavy atom. The molecule has 1 unspecified atom stereocenters. The molecule has 9 heavy (non-hydrogen) atoms. The molecule has 0 fully saturated rings. The quantitative estimate of drug-likeness (QED) is 0.538. The van der Waals surface area contributed by atoms with Crippen molar-refractivity contribution in [2.24, 2.45) is 11.5 Å². The van der Waals surface area contributed by atoms with Crippen LogP contribution >= 0.6 is 0 Å². The summed E-state index contributed by atoms with van der Waals surface area (Å²) in [5, 5.41) is 0. The fourth-order valence-corrected chi connectivity index (χ4v) is 0.495. The molecule has 1 atom stereocenters. The van der Waals surface area contributed by atoms with Gasteiger partial charge in [0.05, 0.1) is 0 Å². The number of hydrogen-bond acceptors (Lipinski definition) is 2. The maximum Gasteiger partial charge on any atom is 0.0378 e. The van der Waals surface area contributed by atoms with Crippen LogP contribution in [0.5, 0.6) is 0 Å². The molecule has 0 aliphatic heterocycles. The van der Waals surface area contributed by atoms with Crippen molar-refractivity contribution < 1.29 is 0 Å². The Hall–Kier alpha value is -0.600. The van der Waals surface area contributed by atoms with Gasteiger partial charge in [0, 0.05) is 12.6 Å². The molecular formula is C7H14N2. The molecule has 0 aromatic carbocycles. The third kappa shape index (κ3) is 3.06.